The Labute approximate surface area is 101 Å². The van der Waals surface area contributed by atoms with Crippen molar-refractivity contribution in [3.8, 4) is 11.3 Å². The van der Waals surface area contributed by atoms with Crippen LogP contribution in [0.25, 0.3) is 22.4 Å². The van der Waals surface area contributed by atoms with Crippen molar-refractivity contribution in [2.45, 2.75) is 0 Å². The SMILES string of the molecule is Cn1ncc(C(=O)O)c1-c1ccc2ncoc2c1. The number of rotatable bonds is 2. The number of fused-ring (bicyclic) bond motifs is 1. The third-order valence-electron chi connectivity index (χ3n) is 2.77. The lowest BCUT2D eigenvalue weighted by Crippen LogP contribution is -2.00. The fourth-order valence-corrected chi connectivity index (χ4v) is 1.94. The molecule has 0 fully saturated rings. The average Bonchev–Trinajstić information content (AvgIpc) is 2.93. The lowest BCUT2D eigenvalue weighted by atomic mass is 10.1. The predicted molar refractivity (Wildman–Crippen MR) is 63.2 cm³/mol. The molecule has 2 aromatic heterocycles. The van der Waals surface area contributed by atoms with E-state index in [1.807, 2.05) is 0 Å². The number of nitrogens with zero attached hydrogens (tertiary/aromatic N) is 3. The minimum atomic E-state index is -1.00. The van der Waals surface area contributed by atoms with Gasteiger partial charge in [0.15, 0.2) is 12.0 Å². The van der Waals surface area contributed by atoms with Crippen LogP contribution in [0.15, 0.2) is 35.2 Å². The predicted octanol–water partition coefficient (Wildman–Crippen LogP) is 1.93. The van der Waals surface area contributed by atoms with Crippen molar-refractivity contribution in [2.24, 2.45) is 7.05 Å². The van der Waals surface area contributed by atoms with E-state index in [4.69, 9.17) is 9.52 Å². The van der Waals surface area contributed by atoms with Gasteiger partial charge in [0.25, 0.3) is 0 Å². The van der Waals surface area contributed by atoms with Gasteiger partial charge in [-0.15, -0.1) is 0 Å². The Balaban J connectivity index is 2.24. The van der Waals surface area contributed by atoms with Crippen LogP contribution >= 0.6 is 0 Å². The summed E-state index contributed by atoms with van der Waals surface area (Å²) < 4.78 is 6.74. The van der Waals surface area contributed by atoms with Crippen molar-refractivity contribution in [1.29, 1.82) is 0 Å². The molecule has 6 nitrogen and oxygen atoms in total. The van der Waals surface area contributed by atoms with E-state index in [1.165, 1.54) is 17.3 Å². The highest BCUT2D eigenvalue weighted by atomic mass is 16.4. The Morgan fingerprint density at radius 2 is 2.28 bits per heavy atom. The molecule has 0 saturated heterocycles. The van der Waals surface area contributed by atoms with Gasteiger partial charge in [-0.05, 0) is 12.1 Å². The largest absolute Gasteiger partial charge is 0.478 e. The summed E-state index contributed by atoms with van der Waals surface area (Å²) in [7, 11) is 1.70. The molecule has 0 radical (unpaired) electrons. The second-order valence-corrected chi connectivity index (χ2v) is 3.87. The number of aromatic nitrogens is 3. The van der Waals surface area contributed by atoms with Crippen LogP contribution in [0.3, 0.4) is 0 Å². The molecule has 0 bridgehead atoms. The third kappa shape index (κ3) is 1.46. The number of hydrogen-bond donors (Lipinski definition) is 1. The van der Waals surface area contributed by atoms with Gasteiger partial charge in [0, 0.05) is 12.6 Å². The molecule has 0 amide bonds. The summed E-state index contributed by atoms with van der Waals surface area (Å²) in [6, 6.07) is 5.34. The molecule has 0 spiro atoms. The van der Waals surface area contributed by atoms with E-state index in [0.717, 1.165) is 11.1 Å². The summed E-state index contributed by atoms with van der Waals surface area (Å²) in [5, 5.41) is 13.1. The number of benzene rings is 1. The molecule has 1 N–H and O–H groups in total. The molecule has 0 aliphatic rings. The zero-order chi connectivity index (χ0) is 12.7. The molecule has 2 heterocycles. The van der Waals surface area contributed by atoms with Crippen molar-refractivity contribution in [2.75, 3.05) is 0 Å². The van der Waals surface area contributed by atoms with Crippen LogP contribution in [0, 0.1) is 0 Å². The zero-order valence-corrected chi connectivity index (χ0v) is 9.49. The van der Waals surface area contributed by atoms with Gasteiger partial charge in [-0.3, -0.25) is 4.68 Å². The zero-order valence-electron chi connectivity index (χ0n) is 9.49. The monoisotopic (exact) mass is 243 g/mol. The molecule has 3 rings (SSSR count). The minimum Gasteiger partial charge on any atom is -0.478 e. The first-order valence-corrected chi connectivity index (χ1v) is 5.26. The first-order chi connectivity index (χ1) is 8.66. The summed E-state index contributed by atoms with van der Waals surface area (Å²) in [6.07, 6.45) is 2.69. The first kappa shape index (κ1) is 10.5. The topological polar surface area (TPSA) is 81.2 Å². The van der Waals surface area contributed by atoms with Crippen LogP contribution in [0.4, 0.5) is 0 Å². The second kappa shape index (κ2) is 3.69. The molecule has 0 atom stereocenters. The van der Waals surface area contributed by atoms with E-state index in [-0.39, 0.29) is 5.56 Å². The molecule has 1 aromatic carbocycles. The number of oxazole rings is 1. The summed E-state index contributed by atoms with van der Waals surface area (Å²) in [6.45, 7) is 0. The van der Waals surface area contributed by atoms with E-state index in [1.54, 1.807) is 25.2 Å². The van der Waals surface area contributed by atoms with Crippen LogP contribution in [0.5, 0.6) is 0 Å². The number of carboxylic acid groups (broad SMARTS) is 1. The van der Waals surface area contributed by atoms with Gasteiger partial charge in [-0.2, -0.15) is 5.10 Å². The Morgan fingerprint density at radius 3 is 3.06 bits per heavy atom. The van der Waals surface area contributed by atoms with Gasteiger partial charge in [0.1, 0.15) is 11.1 Å². The van der Waals surface area contributed by atoms with E-state index in [2.05, 4.69) is 10.1 Å². The highest BCUT2D eigenvalue weighted by Gasteiger charge is 2.17. The fourth-order valence-electron chi connectivity index (χ4n) is 1.94. The van der Waals surface area contributed by atoms with Gasteiger partial charge < -0.3 is 9.52 Å². The van der Waals surface area contributed by atoms with E-state index in [9.17, 15) is 4.79 Å². The smallest absolute Gasteiger partial charge is 0.339 e. The van der Waals surface area contributed by atoms with Crippen molar-refractivity contribution in [3.63, 3.8) is 0 Å². The number of carboxylic acids is 1. The lowest BCUT2D eigenvalue weighted by molar-refractivity contribution is 0.0697. The van der Waals surface area contributed by atoms with Crippen molar-refractivity contribution in [3.05, 3.63) is 36.4 Å². The molecular weight excluding hydrogens is 234 g/mol. The molecular formula is C12H9N3O3. The van der Waals surface area contributed by atoms with Gasteiger partial charge in [0.05, 0.1) is 11.9 Å². The van der Waals surface area contributed by atoms with Crippen LogP contribution in [-0.4, -0.2) is 25.8 Å². The molecule has 0 aliphatic carbocycles. The first-order valence-electron chi connectivity index (χ1n) is 5.26. The second-order valence-electron chi connectivity index (χ2n) is 3.87. The molecule has 3 aromatic rings. The van der Waals surface area contributed by atoms with Crippen LogP contribution < -0.4 is 0 Å². The molecule has 6 heteroatoms. The van der Waals surface area contributed by atoms with Gasteiger partial charge >= 0.3 is 5.97 Å². The standard InChI is InChI=1S/C12H9N3O3/c1-15-11(8(5-14-15)12(16)17)7-2-3-9-10(4-7)18-6-13-9/h2-6H,1H3,(H,16,17). The lowest BCUT2D eigenvalue weighted by Gasteiger charge is -2.03. The van der Waals surface area contributed by atoms with Crippen LogP contribution in [0.1, 0.15) is 10.4 Å². The quantitative estimate of drug-likeness (QED) is 0.743. The molecule has 0 aliphatic heterocycles. The van der Waals surface area contributed by atoms with Crippen LogP contribution in [0.2, 0.25) is 0 Å². The summed E-state index contributed by atoms with van der Waals surface area (Å²) in [5.74, 6) is -1.00. The normalized spacial score (nSPS) is 10.9. The van der Waals surface area contributed by atoms with E-state index >= 15 is 0 Å². The highest BCUT2D eigenvalue weighted by molar-refractivity contribution is 5.95. The molecule has 0 unspecified atom stereocenters. The molecule has 0 saturated carbocycles. The van der Waals surface area contributed by atoms with E-state index in [0.29, 0.717) is 11.3 Å². The Hall–Kier alpha value is -2.63. The minimum absolute atomic E-state index is 0.163. The summed E-state index contributed by atoms with van der Waals surface area (Å²) in [5.41, 5.74) is 2.79. The van der Waals surface area contributed by atoms with Gasteiger partial charge in [-0.25, -0.2) is 9.78 Å². The van der Waals surface area contributed by atoms with Crippen molar-refractivity contribution < 1.29 is 14.3 Å². The Morgan fingerprint density at radius 1 is 1.44 bits per heavy atom. The number of aromatic carboxylic acids is 1. The van der Waals surface area contributed by atoms with Crippen molar-refractivity contribution in [1.82, 2.24) is 14.8 Å². The van der Waals surface area contributed by atoms with Gasteiger partial charge in [0.2, 0.25) is 0 Å². The third-order valence-corrected chi connectivity index (χ3v) is 2.77. The number of aryl methyl sites for hydroxylation is 1. The van der Waals surface area contributed by atoms with E-state index < -0.39 is 5.97 Å². The van der Waals surface area contributed by atoms with Gasteiger partial charge in [-0.1, -0.05) is 6.07 Å². The highest BCUT2D eigenvalue weighted by Crippen LogP contribution is 2.26. The maximum atomic E-state index is 11.1. The Bertz CT molecular complexity index is 742. The number of carbonyl (C=O) groups is 1. The summed E-state index contributed by atoms with van der Waals surface area (Å²) >= 11 is 0. The molecule has 18 heavy (non-hydrogen) atoms. The maximum absolute atomic E-state index is 11.1. The Kier molecular flexibility index (Phi) is 2.16. The van der Waals surface area contributed by atoms with Crippen LogP contribution in [-0.2, 0) is 7.05 Å². The average molecular weight is 243 g/mol. The number of hydrogen-bond acceptors (Lipinski definition) is 4. The maximum Gasteiger partial charge on any atom is 0.339 e. The fraction of sp³-hybridized carbons (Fsp3) is 0.0833. The molecule has 90 valence electrons. The van der Waals surface area contributed by atoms with Crippen molar-refractivity contribution >= 4 is 17.1 Å². The summed E-state index contributed by atoms with van der Waals surface area (Å²) in [4.78, 5) is 15.1.